The Morgan fingerprint density at radius 1 is 1.09 bits per heavy atom. The van der Waals surface area contributed by atoms with Gasteiger partial charge in [0.1, 0.15) is 5.54 Å². The number of Topliss-reactive ketones (excluding diaryl/α,β-unsaturated/α-hetero) is 1. The number of aryl methyl sites for hydroxylation is 3. The quantitative estimate of drug-likeness (QED) is 0.430. The molecule has 2 aromatic heterocycles. The van der Waals surface area contributed by atoms with Crippen LogP contribution in [0.4, 0.5) is 4.79 Å². The summed E-state index contributed by atoms with van der Waals surface area (Å²) in [5.74, 6) is -0.650. The number of nitrogens with zero attached hydrogens (tertiary/aromatic N) is 2. The van der Waals surface area contributed by atoms with E-state index < -0.39 is 17.5 Å². The third-order valence-corrected chi connectivity index (χ3v) is 7.18. The molecule has 32 heavy (non-hydrogen) atoms. The Morgan fingerprint density at radius 3 is 2.47 bits per heavy atom. The molecule has 1 aromatic carbocycles. The number of ketones is 1. The van der Waals surface area contributed by atoms with Crippen LogP contribution in [-0.4, -0.2) is 33.7 Å². The maximum Gasteiger partial charge on any atom is 0.325 e. The van der Waals surface area contributed by atoms with Crippen molar-refractivity contribution in [2.75, 3.05) is 6.54 Å². The lowest BCUT2D eigenvalue weighted by atomic mass is 9.91. The van der Waals surface area contributed by atoms with E-state index in [0.29, 0.717) is 11.1 Å². The normalized spacial score (nSPS) is 18.3. The van der Waals surface area contributed by atoms with Gasteiger partial charge >= 0.3 is 6.03 Å². The van der Waals surface area contributed by atoms with Crippen LogP contribution < -0.4 is 5.32 Å². The number of thiophene rings is 1. The van der Waals surface area contributed by atoms with Crippen molar-refractivity contribution in [1.82, 2.24) is 14.8 Å². The largest absolute Gasteiger partial charge is 0.348 e. The fraction of sp³-hybridized carbons (Fsp3) is 0.320. The molecule has 1 aliphatic rings. The highest BCUT2D eigenvalue weighted by molar-refractivity contribution is 7.09. The summed E-state index contributed by atoms with van der Waals surface area (Å²) in [7, 11) is 0. The summed E-state index contributed by atoms with van der Waals surface area (Å²) < 4.78 is 2.12. The number of rotatable bonds is 7. The molecule has 0 radical (unpaired) electrons. The minimum Gasteiger partial charge on any atom is -0.348 e. The molecule has 166 valence electrons. The van der Waals surface area contributed by atoms with Crippen molar-refractivity contribution in [2.45, 2.75) is 46.2 Å². The molecule has 1 fully saturated rings. The number of urea groups is 1. The maximum atomic E-state index is 13.2. The third-order valence-electron chi connectivity index (χ3n) is 6.24. The van der Waals surface area contributed by atoms with Gasteiger partial charge in [-0.3, -0.25) is 14.5 Å². The van der Waals surface area contributed by atoms with Crippen LogP contribution in [0.1, 0.15) is 44.7 Å². The molecule has 1 aliphatic heterocycles. The fourth-order valence-electron chi connectivity index (χ4n) is 4.26. The van der Waals surface area contributed by atoms with Crippen molar-refractivity contribution >= 4 is 29.1 Å². The topological polar surface area (TPSA) is 71.4 Å². The van der Waals surface area contributed by atoms with Gasteiger partial charge in [0.05, 0.1) is 6.54 Å². The molecule has 3 heterocycles. The summed E-state index contributed by atoms with van der Waals surface area (Å²) in [4.78, 5) is 41.2. The zero-order chi connectivity index (χ0) is 23.0. The predicted molar refractivity (Wildman–Crippen MR) is 125 cm³/mol. The highest BCUT2D eigenvalue weighted by Gasteiger charge is 2.49. The highest BCUT2D eigenvalue weighted by Crippen LogP contribution is 2.29. The molecule has 1 atom stereocenters. The maximum absolute atomic E-state index is 13.2. The van der Waals surface area contributed by atoms with Crippen LogP contribution in [-0.2, 0) is 23.3 Å². The molecular weight excluding hydrogens is 422 g/mol. The average Bonchev–Trinajstić information content (AvgIpc) is 3.42. The van der Waals surface area contributed by atoms with E-state index in [1.165, 1.54) is 4.88 Å². The summed E-state index contributed by atoms with van der Waals surface area (Å²) >= 11 is 1.72. The molecule has 4 rings (SSSR count). The third kappa shape index (κ3) is 3.88. The van der Waals surface area contributed by atoms with Gasteiger partial charge in [-0.2, -0.15) is 0 Å². The minimum atomic E-state index is -1.18. The van der Waals surface area contributed by atoms with Gasteiger partial charge in [-0.25, -0.2) is 4.79 Å². The smallest absolute Gasteiger partial charge is 0.325 e. The van der Waals surface area contributed by atoms with E-state index in [9.17, 15) is 14.4 Å². The number of imide groups is 1. The molecule has 0 aliphatic carbocycles. The summed E-state index contributed by atoms with van der Waals surface area (Å²) in [6.45, 7) is 8.03. The molecule has 0 spiro atoms. The first kappa shape index (κ1) is 22.0. The molecule has 1 saturated heterocycles. The SMILES string of the molecule is Cc1ccc([C@]2(C)NC(=O)N(CC(=O)c3cc(C)n(CCc4cccs4)c3C)C2=O)cc1. The Kier molecular flexibility index (Phi) is 5.77. The number of benzene rings is 1. The van der Waals surface area contributed by atoms with Crippen molar-refractivity contribution in [3.63, 3.8) is 0 Å². The molecule has 3 amide bonds. The number of hydrogen-bond acceptors (Lipinski definition) is 4. The second-order valence-electron chi connectivity index (χ2n) is 8.50. The zero-order valence-electron chi connectivity index (χ0n) is 18.8. The summed E-state index contributed by atoms with van der Waals surface area (Å²) in [6, 6.07) is 12.9. The van der Waals surface area contributed by atoms with Crippen molar-refractivity contribution in [2.24, 2.45) is 0 Å². The molecule has 0 bridgehead atoms. The second-order valence-corrected chi connectivity index (χ2v) is 9.53. The number of aromatic nitrogens is 1. The first-order valence-electron chi connectivity index (χ1n) is 10.6. The standard InChI is InChI=1S/C25H27N3O3S/c1-16-7-9-19(10-8-16)25(4)23(30)28(24(31)26-25)15-22(29)21-14-17(2)27(18(21)3)12-11-20-6-5-13-32-20/h5-10,13-14H,11-12,15H2,1-4H3,(H,26,31)/t25-/m0/s1. The Balaban J connectivity index is 1.51. The number of nitrogens with one attached hydrogen (secondary N) is 1. The van der Waals surface area contributed by atoms with Crippen molar-refractivity contribution < 1.29 is 14.4 Å². The number of carbonyl (C=O) groups is 3. The van der Waals surface area contributed by atoms with E-state index in [4.69, 9.17) is 0 Å². The van der Waals surface area contributed by atoms with Crippen LogP contribution in [0.15, 0.2) is 47.8 Å². The first-order chi connectivity index (χ1) is 15.2. The molecule has 3 aromatic rings. The van der Waals surface area contributed by atoms with Crippen molar-refractivity contribution in [3.8, 4) is 0 Å². The predicted octanol–water partition coefficient (Wildman–Crippen LogP) is 4.37. The lowest BCUT2D eigenvalue weighted by Crippen LogP contribution is -2.41. The average molecular weight is 450 g/mol. The van der Waals surface area contributed by atoms with Gasteiger partial charge < -0.3 is 9.88 Å². The van der Waals surface area contributed by atoms with Gasteiger partial charge in [0.2, 0.25) is 0 Å². The van der Waals surface area contributed by atoms with Crippen LogP contribution in [0.3, 0.4) is 0 Å². The molecule has 0 saturated carbocycles. The first-order valence-corrected chi connectivity index (χ1v) is 11.5. The van der Waals surface area contributed by atoms with E-state index >= 15 is 0 Å². The molecule has 6 nitrogen and oxygen atoms in total. The van der Waals surface area contributed by atoms with Crippen LogP contribution in [0.5, 0.6) is 0 Å². The summed E-state index contributed by atoms with van der Waals surface area (Å²) in [5.41, 5.74) is 2.99. The number of carbonyl (C=O) groups excluding carboxylic acids is 3. The summed E-state index contributed by atoms with van der Waals surface area (Å²) in [5, 5.41) is 4.83. The van der Waals surface area contributed by atoms with Gasteiger partial charge in [-0.15, -0.1) is 11.3 Å². The number of hydrogen-bond donors (Lipinski definition) is 1. The van der Waals surface area contributed by atoms with Gasteiger partial charge in [0, 0.05) is 28.4 Å². The Morgan fingerprint density at radius 2 is 1.81 bits per heavy atom. The van der Waals surface area contributed by atoms with E-state index in [-0.39, 0.29) is 12.3 Å². The monoisotopic (exact) mass is 449 g/mol. The van der Waals surface area contributed by atoms with Crippen LogP contribution in [0, 0.1) is 20.8 Å². The Bertz CT molecular complexity index is 1180. The van der Waals surface area contributed by atoms with Gasteiger partial charge in [-0.05, 0) is 57.2 Å². The molecule has 7 heteroatoms. The minimum absolute atomic E-state index is 0.239. The van der Waals surface area contributed by atoms with Gasteiger partial charge in [0.25, 0.3) is 5.91 Å². The van der Waals surface area contributed by atoms with Crippen molar-refractivity contribution in [3.05, 3.63) is 80.8 Å². The fourth-order valence-corrected chi connectivity index (χ4v) is 4.95. The highest BCUT2D eigenvalue weighted by atomic mass is 32.1. The van der Waals surface area contributed by atoms with Crippen LogP contribution >= 0.6 is 11.3 Å². The Labute approximate surface area is 191 Å². The molecule has 0 unspecified atom stereocenters. The van der Waals surface area contributed by atoms with Crippen LogP contribution in [0.25, 0.3) is 0 Å². The van der Waals surface area contributed by atoms with E-state index in [0.717, 1.165) is 34.8 Å². The van der Waals surface area contributed by atoms with Gasteiger partial charge in [-0.1, -0.05) is 35.9 Å². The lowest BCUT2D eigenvalue weighted by molar-refractivity contribution is -0.130. The summed E-state index contributed by atoms with van der Waals surface area (Å²) in [6.07, 6.45) is 0.892. The van der Waals surface area contributed by atoms with E-state index in [1.807, 2.05) is 57.2 Å². The van der Waals surface area contributed by atoms with Crippen molar-refractivity contribution in [1.29, 1.82) is 0 Å². The molecule has 1 N–H and O–H groups in total. The lowest BCUT2D eigenvalue weighted by Gasteiger charge is -2.22. The van der Waals surface area contributed by atoms with E-state index in [2.05, 4.69) is 21.3 Å². The molecular formula is C25H27N3O3S. The second kappa shape index (κ2) is 8.39. The van der Waals surface area contributed by atoms with Gasteiger partial charge in [0.15, 0.2) is 5.78 Å². The Hall–Kier alpha value is -3.19. The van der Waals surface area contributed by atoms with E-state index in [1.54, 1.807) is 18.3 Å². The van der Waals surface area contributed by atoms with Crippen LogP contribution in [0.2, 0.25) is 0 Å². The zero-order valence-corrected chi connectivity index (χ0v) is 19.6. The number of amides is 3.